The van der Waals surface area contributed by atoms with Gasteiger partial charge in [0.15, 0.2) is 0 Å². The fourth-order valence-electron chi connectivity index (χ4n) is 4.68. The molecule has 0 radical (unpaired) electrons. The standard InChI is InChI=1S/C16H20O/c1-9-5-6-12-14-7-10(14)8-15(12)16(17)13-4-2-3-11(9)13/h2-3,5,10-15H,4,6-8H2,1H3/t10-,11-,12-,13+,14-,15-/m0/s1. The third-order valence-electron chi connectivity index (χ3n) is 5.74. The number of fused-ring (bicyclic) bond motifs is 4. The molecule has 0 amide bonds. The highest BCUT2D eigenvalue weighted by Crippen LogP contribution is 2.61. The highest BCUT2D eigenvalue weighted by molar-refractivity contribution is 5.86. The van der Waals surface area contributed by atoms with Crippen LogP contribution in [0.25, 0.3) is 0 Å². The molecule has 0 aromatic rings. The van der Waals surface area contributed by atoms with Crippen LogP contribution in [0.15, 0.2) is 23.8 Å². The molecule has 2 fully saturated rings. The molecule has 1 heteroatoms. The number of hydrogen-bond donors (Lipinski definition) is 0. The molecule has 4 rings (SSSR count). The van der Waals surface area contributed by atoms with Crippen molar-refractivity contribution >= 4 is 5.78 Å². The van der Waals surface area contributed by atoms with Gasteiger partial charge >= 0.3 is 0 Å². The molecule has 0 aromatic heterocycles. The van der Waals surface area contributed by atoms with Crippen molar-refractivity contribution in [1.82, 2.24) is 0 Å². The van der Waals surface area contributed by atoms with Gasteiger partial charge in [0.05, 0.1) is 0 Å². The van der Waals surface area contributed by atoms with Crippen LogP contribution in [0.5, 0.6) is 0 Å². The molecule has 0 spiro atoms. The Hall–Kier alpha value is -0.850. The predicted molar refractivity (Wildman–Crippen MR) is 67.3 cm³/mol. The lowest BCUT2D eigenvalue weighted by Crippen LogP contribution is -2.32. The van der Waals surface area contributed by atoms with E-state index in [-0.39, 0.29) is 5.92 Å². The van der Waals surface area contributed by atoms with E-state index >= 15 is 0 Å². The zero-order valence-corrected chi connectivity index (χ0v) is 10.4. The van der Waals surface area contributed by atoms with Crippen molar-refractivity contribution in [2.75, 3.05) is 0 Å². The predicted octanol–water partition coefficient (Wildman–Crippen LogP) is 3.37. The van der Waals surface area contributed by atoms with E-state index in [1.54, 1.807) is 0 Å². The summed E-state index contributed by atoms with van der Waals surface area (Å²) in [4.78, 5) is 12.7. The first-order valence-corrected chi connectivity index (χ1v) is 7.12. The van der Waals surface area contributed by atoms with Crippen LogP contribution in [0, 0.1) is 35.5 Å². The normalized spacial score (nSPS) is 51.1. The Kier molecular flexibility index (Phi) is 1.98. The van der Waals surface area contributed by atoms with Crippen molar-refractivity contribution in [3.05, 3.63) is 23.8 Å². The molecule has 0 aliphatic heterocycles. The number of rotatable bonds is 0. The number of hydrogen-bond acceptors (Lipinski definition) is 1. The van der Waals surface area contributed by atoms with E-state index in [1.165, 1.54) is 24.8 Å². The van der Waals surface area contributed by atoms with Gasteiger partial charge in [0.25, 0.3) is 0 Å². The van der Waals surface area contributed by atoms with Gasteiger partial charge < -0.3 is 0 Å². The zero-order chi connectivity index (χ0) is 11.6. The summed E-state index contributed by atoms with van der Waals surface area (Å²) < 4.78 is 0. The van der Waals surface area contributed by atoms with Crippen molar-refractivity contribution < 1.29 is 4.79 Å². The van der Waals surface area contributed by atoms with Crippen LogP contribution in [0.4, 0.5) is 0 Å². The van der Waals surface area contributed by atoms with Gasteiger partial charge in [0.2, 0.25) is 0 Å². The van der Waals surface area contributed by atoms with Crippen LogP contribution in [0.1, 0.15) is 32.6 Å². The van der Waals surface area contributed by atoms with E-state index in [9.17, 15) is 4.79 Å². The molecular weight excluding hydrogens is 208 g/mol. The largest absolute Gasteiger partial charge is 0.299 e. The van der Waals surface area contributed by atoms with Crippen molar-refractivity contribution in [2.24, 2.45) is 35.5 Å². The second-order valence-corrected chi connectivity index (χ2v) is 6.55. The minimum absolute atomic E-state index is 0.288. The first kappa shape index (κ1) is 10.1. The van der Waals surface area contributed by atoms with Crippen molar-refractivity contribution in [3.63, 3.8) is 0 Å². The quantitative estimate of drug-likeness (QED) is 0.581. The zero-order valence-electron chi connectivity index (χ0n) is 10.4. The minimum atomic E-state index is 0.288. The maximum absolute atomic E-state index is 12.7. The Morgan fingerprint density at radius 1 is 1.12 bits per heavy atom. The van der Waals surface area contributed by atoms with Crippen LogP contribution < -0.4 is 0 Å². The van der Waals surface area contributed by atoms with E-state index in [4.69, 9.17) is 0 Å². The highest BCUT2D eigenvalue weighted by atomic mass is 16.1. The molecule has 17 heavy (non-hydrogen) atoms. The molecular formula is C16H20O. The van der Waals surface area contributed by atoms with Gasteiger partial charge in [0.1, 0.15) is 5.78 Å². The Labute approximate surface area is 103 Å². The number of ketones is 1. The van der Waals surface area contributed by atoms with Crippen molar-refractivity contribution in [2.45, 2.75) is 32.6 Å². The van der Waals surface area contributed by atoms with Crippen LogP contribution in [-0.2, 0) is 4.79 Å². The SMILES string of the molecule is CC1=CC[C@H]2[C@H]3C[C@H]3C[C@@H]2C(=O)[C@@H]2CC=C[C@@H]12. The maximum atomic E-state index is 12.7. The van der Waals surface area contributed by atoms with E-state index < -0.39 is 0 Å². The maximum Gasteiger partial charge on any atom is 0.140 e. The third-order valence-corrected chi connectivity index (χ3v) is 5.74. The monoisotopic (exact) mass is 228 g/mol. The fourth-order valence-corrected chi connectivity index (χ4v) is 4.68. The summed E-state index contributed by atoms with van der Waals surface area (Å²) in [7, 11) is 0. The van der Waals surface area contributed by atoms with Gasteiger partial charge in [-0.05, 0) is 50.4 Å². The van der Waals surface area contributed by atoms with E-state index in [2.05, 4.69) is 25.2 Å². The minimum Gasteiger partial charge on any atom is -0.299 e. The molecule has 90 valence electrons. The highest BCUT2D eigenvalue weighted by Gasteiger charge is 2.56. The average Bonchev–Trinajstić information content (AvgIpc) is 2.79. The smallest absolute Gasteiger partial charge is 0.140 e. The Balaban J connectivity index is 1.71. The van der Waals surface area contributed by atoms with Gasteiger partial charge in [-0.25, -0.2) is 0 Å². The summed E-state index contributed by atoms with van der Waals surface area (Å²) in [5.74, 6) is 4.24. The molecule has 6 atom stereocenters. The first-order valence-electron chi connectivity index (χ1n) is 7.12. The lowest BCUT2D eigenvalue weighted by atomic mass is 9.73. The number of Topliss-reactive ketones (excluding diaryl/α,β-unsaturated/α-hetero) is 1. The lowest BCUT2D eigenvalue weighted by molar-refractivity contribution is -0.129. The second-order valence-electron chi connectivity index (χ2n) is 6.55. The van der Waals surface area contributed by atoms with Gasteiger partial charge in [-0.3, -0.25) is 4.79 Å². The number of carbonyl (C=O) groups is 1. The van der Waals surface area contributed by atoms with Gasteiger partial charge in [-0.2, -0.15) is 0 Å². The van der Waals surface area contributed by atoms with Crippen LogP contribution >= 0.6 is 0 Å². The Morgan fingerprint density at radius 3 is 2.88 bits per heavy atom. The summed E-state index contributed by atoms with van der Waals surface area (Å²) >= 11 is 0. The van der Waals surface area contributed by atoms with E-state index in [0.717, 1.165) is 18.3 Å². The van der Waals surface area contributed by atoms with E-state index in [1.807, 2.05) is 0 Å². The fraction of sp³-hybridized carbons (Fsp3) is 0.688. The van der Waals surface area contributed by atoms with E-state index in [0.29, 0.717) is 23.5 Å². The number of carbonyl (C=O) groups excluding carboxylic acids is 1. The Morgan fingerprint density at radius 2 is 2.00 bits per heavy atom. The summed E-state index contributed by atoms with van der Waals surface area (Å²) in [6.45, 7) is 2.22. The molecule has 0 saturated heterocycles. The van der Waals surface area contributed by atoms with Gasteiger partial charge in [0, 0.05) is 17.8 Å². The van der Waals surface area contributed by atoms with Crippen molar-refractivity contribution in [1.29, 1.82) is 0 Å². The molecule has 0 aromatic carbocycles. The first-order chi connectivity index (χ1) is 8.25. The van der Waals surface area contributed by atoms with Crippen molar-refractivity contribution in [3.8, 4) is 0 Å². The van der Waals surface area contributed by atoms with Crippen LogP contribution in [-0.4, -0.2) is 5.78 Å². The molecule has 0 bridgehead atoms. The summed E-state index contributed by atoms with van der Waals surface area (Å²) in [6, 6.07) is 0. The van der Waals surface area contributed by atoms with Crippen LogP contribution in [0.3, 0.4) is 0 Å². The molecule has 0 unspecified atom stereocenters. The lowest BCUT2D eigenvalue weighted by Gasteiger charge is -2.30. The number of allylic oxidation sites excluding steroid dienone is 4. The summed E-state index contributed by atoms with van der Waals surface area (Å²) in [5, 5.41) is 0. The van der Waals surface area contributed by atoms with Crippen LogP contribution in [0.2, 0.25) is 0 Å². The summed E-state index contributed by atoms with van der Waals surface area (Å²) in [6.07, 6.45) is 11.7. The van der Waals surface area contributed by atoms with Gasteiger partial charge in [-0.1, -0.05) is 23.8 Å². The molecule has 4 aliphatic rings. The molecule has 0 heterocycles. The van der Waals surface area contributed by atoms with Gasteiger partial charge in [-0.15, -0.1) is 0 Å². The Bertz CT molecular complexity index is 431. The molecule has 4 aliphatic carbocycles. The topological polar surface area (TPSA) is 17.1 Å². The molecule has 2 saturated carbocycles. The third kappa shape index (κ3) is 1.34. The average molecular weight is 228 g/mol. The molecule has 1 nitrogen and oxygen atoms in total. The second kappa shape index (κ2) is 3.34. The summed E-state index contributed by atoms with van der Waals surface area (Å²) in [5.41, 5.74) is 1.44. The molecule has 0 N–H and O–H groups in total.